The van der Waals surface area contributed by atoms with Gasteiger partial charge < -0.3 is 0 Å². The van der Waals surface area contributed by atoms with Crippen LogP contribution in [-0.4, -0.2) is 15.5 Å². The Labute approximate surface area is 86.2 Å². The fourth-order valence-electron chi connectivity index (χ4n) is 1.37. The van der Waals surface area contributed by atoms with Gasteiger partial charge in [0.1, 0.15) is 11.6 Å². The topological polar surface area (TPSA) is 34.9 Å². The van der Waals surface area contributed by atoms with Gasteiger partial charge in [-0.15, -0.1) is 0 Å². The lowest BCUT2D eigenvalue weighted by Gasteiger charge is -2.02. The smallest absolute Gasteiger partial charge is 0.229 e. The second kappa shape index (κ2) is 3.65. The number of halogens is 1. The molecule has 0 radical (unpaired) electrons. The Kier molecular flexibility index (Phi) is 2.33. The summed E-state index contributed by atoms with van der Waals surface area (Å²) in [4.78, 5) is 15.3. The highest BCUT2D eigenvalue weighted by Gasteiger charge is 2.08. The first-order valence-corrected chi connectivity index (χ1v) is 4.49. The van der Waals surface area contributed by atoms with Gasteiger partial charge in [0, 0.05) is 24.9 Å². The van der Waals surface area contributed by atoms with E-state index in [-0.39, 0.29) is 11.7 Å². The lowest BCUT2D eigenvalue weighted by atomic mass is 10.2. The third-order valence-electron chi connectivity index (χ3n) is 2.08. The predicted octanol–water partition coefficient (Wildman–Crippen LogP) is 2.35. The van der Waals surface area contributed by atoms with Gasteiger partial charge in [-0.3, -0.25) is 9.36 Å². The van der Waals surface area contributed by atoms with E-state index in [4.69, 9.17) is 0 Å². The zero-order chi connectivity index (χ0) is 10.8. The van der Waals surface area contributed by atoms with Crippen LogP contribution in [0.2, 0.25) is 0 Å². The van der Waals surface area contributed by atoms with Gasteiger partial charge in [-0.25, -0.2) is 9.37 Å². The molecule has 0 atom stereocenters. The summed E-state index contributed by atoms with van der Waals surface area (Å²) >= 11 is 0. The predicted molar refractivity (Wildman–Crippen MR) is 53.9 cm³/mol. The number of carbonyl (C=O) groups is 1. The first kappa shape index (κ1) is 9.58. The largest absolute Gasteiger partial charge is 0.274 e. The van der Waals surface area contributed by atoms with E-state index in [1.807, 2.05) is 0 Å². The molecule has 0 saturated carbocycles. The Balaban J connectivity index is 2.49. The number of carbonyl (C=O) groups excluding carboxylic acids is 1. The average Bonchev–Trinajstić information content (AvgIpc) is 2.67. The summed E-state index contributed by atoms with van der Waals surface area (Å²) in [5, 5.41) is 0. The molecule has 0 aliphatic heterocycles. The van der Waals surface area contributed by atoms with E-state index >= 15 is 0 Å². The first-order chi connectivity index (χ1) is 7.18. The van der Waals surface area contributed by atoms with Crippen LogP contribution in [0.5, 0.6) is 0 Å². The minimum absolute atomic E-state index is 0.119. The molecule has 0 unspecified atom stereocenters. The molecule has 1 aromatic carbocycles. The molecule has 3 nitrogen and oxygen atoms in total. The van der Waals surface area contributed by atoms with Crippen LogP contribution in [0.15, 0.2) is 36.7 Å². The Hall–Kier alpha value is -1.97. The van der Waals surface area contributed by atoms with Crippen molar-refractivity contribution in [3.05, 3.63) is 42.5 Å². The van der Waals surface area contributed by atoms with Crippen LogP contribution in [0.25, 0.3) is 11.4 Å². The van der Waals surface area contributed by atoms with Crippen molar-refractivity contribution in [1.82, 2.24) is 9.55 Å². The molecular weight excluding hydrogens is 195 g/mol. The highest BCUT2D eigenvalue weighted by atomic mass is 19.1. The highest BCUT2D eigenvalue weighted by molar-refractivity contribution is 5.80. The van der Waals surface area contributed by atoms with E-state index in [1.54, 1.807) is 24.5 Å². The number of rotatable bonds is 1. The molecule has 1 aromatic heterocycles. The summed E-state index contributed by atoms with van der Waals surface area (Å²) in [6.07, 6.45) is 3.13. The third kappa shape index (κ3) is 1.79. The van der Waals surface area contributed by atoms with Crippen molar-refractivity contribution in [2.24, 2.45) is 0 Å². The maximum Gasteiger partial charge on any atom is 0.229 e. The summed E-state index contributed by atoms with van der Waals surface area (Å²) in [6, 6.07) is 5.87. The van der Waals surface area contributed by atoms with Crippen LogP contribution in [0.3, 0.4) is 0 Å². The molecule has 15 heavy (non-hydrogen) atoms. The van der Waals surface area contributed by atoms with Crippen molar-refractivity contribution in [1.29, 1.82) is 0 Å². The number of benzene rings is 1. The van der Waals surface area contributed by atoms with Gasteiger partial charge in [-0.05, 0) is 24.3 Å². The van der Waals surface area contributed by atoms with Gasteiger partial charge in [0.15, 0.2) is 0 Å². The molecule has 4 heteroatoms. The molecule has 0 fully saturated rings. The van der Waals surface area contributed by atoms with E-state index in [0.717, 1.165) is 5.56 Å². The lowest BCUT2D eigenvalue weighted by Crippen LogP contribution is -2.05. The van der Waals surface area contributed by atoms with Crippen molar-refractivity contribution in [3.8, 4) is 11.4 Å². The van der Waals surface area contributed by atoms with Gasteiger partial charge in [-0.1, -0.05) is 0 Å². The molecule has 0 spiro atoms. The normalized spacial score (nSPS) is 10.3. The van der Waals surface area contributed by atoms with Crippen molar-refractivity contribution < 1.29 is 9.18 Å². The quantitative estimate of drug-likeness (QED) is 0.714. The van der Waals surface area contributed by atoms with Gasteiger partial charge in [0.2, 0.25) is 5.91 Å². The van der Waals surface area contributed by atoms with Crippen molar-refractivity contribution in [2.75, 3.05) is 0 Å². The highest BCUT2D eigenvalue weighted by Crippen LogP contribution is 2.17. The Morgan fingerprint density at radius 1 is 1.33 bits per heavy atom. The minimum Gasteiger partial charge on any atom is -0.274 e. The van der Waals surface area contributed by atoms with Gasteiger partial charge in [0.05, 0.1) is 0 Å². The SMILES string of the molecule is CC(=O)n1ccnc1-c1ccc(F)cc1. The maximum atomic E-state index is 12.7. The number of aromatic nitrogens is 2. The van der Waals surface area contributed by atoms with E-state index in [9.17, 15) is 9.18 Å². The third-order valence-corrected chi connectivity index (χ3v) is 2.08. The number of hydrogen-bond donors (Lipinski definition) is 0. The maximum absolute atomic E-state index is 12.7. The van der Waals surface area contributed by atoms with E-state index < -0.39 is 0 Å². The van der Waals surface area contributed by atoms with Crippen molar-refractivity contribution >= 4 is 5.91 Å². The molecule has 1 heterocycles. The summed E-state index contributed by atoms with van der Waals surface area (Å²) in [7, 11) is 0. The Morgan fingerprint density at radius 2 is 2.00 bits per heavy atom. The fourth-order valence-corrected chi connectivity index (χ4v) is 1.37. The molecule has 76 valence electrons. The van der Waals surface area contributed by atoms with Crippen molar-refractivity contribution in [2.45, 2.75) is 6.92 Å². The Bertz CT molecular complexity index is 488. The van der Waals surface area contributed by atoms with Gasteiger partial charge >= 0.3 is 0 Å². The zero-order valence-electron chi connectivity index (χ0n) is 8.14. The second-order valence-corrected chi connectivity index (χ2v) is 3.15. The molecule has 2 rings (SSSR count). The van der Waals surface area contributed by atoms with E-state index in [1.165, 1.54) is 23.6 Å². The standard InChI is InChI=1S/C11H9FN2O/c1-8(15)14-7-6-13-11(14)9-2-4-10(12)5-3-9/h2-7H,1H3. The van der Waals surface area contributed by atoms with Crippen LogP contribution < -0.4 is 0 Å². The van der Waals surface area contributed by atoms with E-state index in [0.29, 0.717) is 5.82 Å². The first-order valence-electron chi connectivity index (χ1n) is 4.49. The lowest BCUT2D eigenvalue weighted by molar-refractivity contribution is 0.0938. The summed E-state index contributed by atoms with van der Waals surface area (Å²) in [5.41, 5.74) is 0.719. The number of nitrogens with zero attached hydrogens (tertiary/aromatic N) is 2. The van der Waals surface area contributed by atoms with E-state index in [2.05, 4.69) is 4.98 Å². The molecule has 0 aliphatic carbocycles. The number of hydrogen-bond acceptors (Lipinski definition) is 2. The number of imidazole rings is 1. The molecule has 0 bridgehead atoms. The Morgan fingerprint density at radius 3 is 2.60 bits per heavy atom. The monoisotopic (exact) mass is 204 g/mol. The molecule has 0 amide bonds. The van der Waals surface area contributed by atoms with Gasteiger partial charge in [-0.2, -0.15) is 0 Å². The van der Waals surface area contributed by atoms with Crippen molar-refractivity contribution in [3.63, 3.8) is 0 Å². The molecule has 2 aromatic rings. The summed E-state index contributed by atoms with van der Waals surface area (Å²) < 4.78 is 14.1. The van der Waals surface area contributed by atoms with Crippen LogP contribution in [-0.2, 0) is 0 Å². The van der Waals surface area contributed by atoms with Crippen LogP contribution in [0.4, 0.5) is 4.39 Å². The van der Waals surface area contributed by atoms with Gasteiger partial charge in [0.25, 0.3) is 0 Å². The minimum atomic E-state index is -0.306. The van der Waals surface area contributed by atoms with Crippen LogP contribution >= 0.6 is 0 Å². The summed E-state index contributed by atoms with van der Waals surface area (Å²) in [6.45, 7) is 1.45. The van der Waals surface area contributed by atoms with Crippen LogP contribution in [0.1, 0.15) is 11.7 Å². The second-order valence-electron chi connectivity index (χ2n) is 3.15. The fraction of sp³-hybridized carbons (Fsp3) is 0.0909. The molecular formula is C11H9FN2O. The molecule has 0 aliphatic rings. The zero-order valence-corrected chi connectivity index (χ0v) is 8.14. The average molecular weight is 204 g/mol. The molecule has 0 saturated heterocycles. The van der Waals surface area contributed by atoms with Crippen LogP contribution in [0, 0.1) is 5.82 Å². The summed E-state index contributed by atoms with van der Waals surface area (Å²) in [5.74, 6) is 0.106. The molecule has 0 N–H and O–H groups in total.